The van der Waals surface area contributed by atoms with E-state index in [0.717, 1.165) is 42.5 Å². The average Bonchev–Trinajstić information content (AvgIpc) is 3.01. The first-order chi connectivity index (χ1) is 19.5. The number of nitrogens with zero attached hydrogens (tertiary/aromatic N) is 5. The Labute approximate surface area is 234 Å². The van der Waals surface area contributed by atoms with Crippen LogP contribution in [0.3, 0.4) is 0 Å². The van der Waals surface area contributed by atoms with Gasteiger partial charge in [-0.3, -0.25) is 29.1 Å². The number of likely N-dealkylation sites (tertiary alicyclic amines) is 1. The van der Waals surface area contributed by atoms with E-state index in [0.29, 0.717) is 56.7 Å². The zero-order chi connectivity index (χ0) is 27.7. The Kier molecular flexibility index (Phi) is 7.09. The Morgan fingerprint density at radius 2 is 1.35 bits per heavy atom. The molecule has 3 aromatic carbocycles. The first-order valence-electron chi connectivity index (χ1n) is 14.1. The molecular formula is C32H33N5O3. The number of benzene rings is 3. The summed E-state index contributed by atoms with van der Waals surface area (Å²) in [7, 11) is 0. The molecule has 6 rings (SSSR count). The van der Waals surface area contributed by atoms with Gasteiger partial charge in [-0.2, -0.15) is 5.26 Å². The third kappa shape index (κ3) is 4.76. The monoisotopic (exact) mass is 535 g/mol. The van der Waals surface area contributed by atoms with Gasteiger partial charge in [-0.1, -0.05) is 54.6 Å². The molecule has 3 aliphatic rings. The van der Waals surface area contributed by atoms with E-state index in [4.69, 9.17) is 0 Å². The first kappa shape index (κ1) is 26.2. The van der Waals surface area contributed by atoms with Gasteiger partial charge >= 0.3 is 0 Å². The second-order valence-corrected chi connectivity index (χ2v) is 11.0. The Hall–Kier alpha value is -4.06. The fraction of sp³-hybridized carbons (Fsp3) is 0.375. The van der Waals surface area contributed by atoms with E-state index in [9.17, 15) is 19.6 Å². The van der Waals surface area contributed by atoms with Crippen molar-refractivity contribution in [2.45, 2.75) is 18.3 Å². The van der Waals surface area contributed by atoms with Crippen LogP contribution in [-0.2, 0) is 10.2 Å². The summed E-state index contributed by atoms with van der Waals surface area (Å²) in [6, 6.07) is 23.6. The van der Waals surface area contributed by atoms with Crippen molar-refractivity contribution in [1.29, 1.82) is 5.26 Å². The van der Waals surface area contributed by atoms with E-state index >= 15 is 0 Å². The lowest BCUT2D eigenvalue weighted by Gasteiger charge is -2.39. The molecule has 0 saturated carbocycles. The van der Waals surface area contributed by atoms with Crippen LogP contribution in [0.1, 0.15) is 39.1 Å². The molecule has 8 nitrogen and oxygen atoms in total. The summed E-state index contributed by atoms with van der Waals surface area (Å²) >= 11 is 0. The van der Waals surface area contributed by atoms with Crippen molar-refractivity contribution >= 4 is 28.5 Å². The molecule has 3 aliphatic heterocycles. The molecule has 2 saturated heterocycles. The summed E-state index contributed by atoms with van der Waals surface area (Å²) in [6.07, 6.45) is 1.31. The summed E-state index contributed by atoms with van der Waals surface area (Å²) in [4.78, 5) is 47.1. The van der Waals surface area contributed by atoms with Gasteiger partial charge in [-0.15, -0.1) is 0 Å². The molecule has 2 fully saturated rings. The van der Waals surface area contributed by atoms with E-state index < -0.39 is 5.41 Å². The van der Waals surface area contributed by atoms with Crippen molar-refractivity contribution in [1.82, 2.24) is 19.6 Å². The molecule has 0 atom stereocenters. The number of carbonyl (C=O) groups is 3. The van der Waals surface area contributed by atoms with Gasteiger partial charge in [0.05, 0.1) is 18.0 Å². The van der Waals surface area contributed by atoms with Crippen LogP contribution >= 0.6 is 0 Å². The highest BCUT2D eigenvalue weighted by Crippen LogP contribution is 2.35. The fourth-order valence-electron chi connectivity index (χ4n) is 6.35. The largest absolute Gasteiger partial charge is 0.341 e. The number of hydrogen-bond acceptors (Lipinski definition) is 6. The lowest BCUT2D eigenvalue weighted by Crippen LogP contribution is -2.53. The van der Waals surface area contributed by atoms with Crippen molar-refractivity contribution in [2.75, 3.05) is 58.9 Å². The molecule has 3 amide bonds. The van der Waals surface area contributed by atoms with Crippen molar-refractivity contribution in [3.8, 4) is 6.07 Å². The van der Waals surface area contributed by atoms with Crippen molar-refractivity contribution in [2.24, 2.45) is 0 Å². The standard InChI is InChI=1S/C32H33N5O3/c33-23-32(25-8-2-1-3-9-25)12-14-36(15-13-32)28(38)22-35-18-16-34(17-19-35)20-21-37-30(39)26-10-4-6-24-7-5-11-27(29(24)26)31(37)40/h1-11H,12-22H2. The lowest BCUT2D eigenvalue weighted by atomic mass is 9.74. The molecule has 3 heterocycles. The zero-order valence-electron chi connectivity index (χ0n) is 22.6. The maximum Gasteiger partial charge on any atom is 0.261 e. The summed E-state index contributed by atoms with van der Waals surface area (Å²) < 4.78 is 0. The third-order valence-corrected chi connectivity index (χ3v) is 8.83. The number of rotatable bonds is 6. The number of amides is 3. The van der Waals surface area contributed by atoms with Gasteiger partial charge in [0.15, 0.2) is 0 Å². The Morgan fingerprint density at radius 3 is 1.95 bits per heavy atom. The second kappa shape index (κ2) is 10.8. The first-order valence-corrected chi connectivity index (χ1v) is 14.1. The van der Waals surface area contributed by atoms with Gasteiger partial charge in [0.2, 0.25) is 5.91 Å². The number of piperazine rings is 1. The van der Waals surface area contributed by atoms with Gasteiger partial charge in [0.25, 0.3) is 11.8 Å². The van der Waals surface area contributed by atoms with E-state index in [-0.39, 0.29) is 17.7 Å². The predicted molar refractivity (Wildman–Crippen MR) is 152 cm³/mol. The fourth-order valence-corrected chi connectivity index (χ4v) is 6.35. The van der Waals surface area contributed by atoms with Crippen molar-refractivity contribution in [3.05, 3.63) is 83.4 Å². The number of imide groups is 1. The van der Waals surface area contributed by atoms with Crippen LogP contribution in [0.4, 0.5) is 0 Å². The summed E-state index contributed by atoms with van der Waals surface area (Å²) in [5, 5.41) is 11.6. The van der Waals surface area contributed by atoms with Crippen molar-refractivity contribution in [3.63, 3.8) is 0 Å². The molecule has 40 heavy (non-hydrogen) atoms. The number of hydrogen-bond donors (Lipinski definition) is 0. The van der Waals surface area contributed by atoms with Crippen LogP contribution in [0.25, 0.3) is 10.8 Å². The van der Waals surface area contributed by atoms with Gasteiger partial charge in [0, 0.05) is 68.9 Å². The summed E-state index contributed by atoms with van der Waals surface area (Å²) in [5.41, 5.74) is 1.69. The Morgan fingerprint density at radius 1 is 0.750 bits per heavy atom. The predicted octanol–water partition coefficient (Wildman–Crippen LogP) is 3.14. The second-order valence-electron chi connectivity index (χ2n) is 11.0. The SMILES string of the molecule is N#CC1(c2ccccc2)CCN(C(=O)CN2CCN(CCN3C(=O)c4cccc5cccc(c45)C3=O)CC2)CC1. The molecule has 0 radical (unpaired) electrons. The number of piperidine rings is 1. The van der Waals surface area contributed by atoms with Gasteiger partial charge in [0.1, 0.15) is 0 Å². The van der Waals surface area contributed by atoms with Crippen LogP contribution in [0, 0.1) is 11.3 Å². The van der Waals surface area contributed by atoms with E-state index in [1.165, 1.54) is 4.90 Å². The molecule has 0 aliphatic carbocycles. The lowest BCUT2D eigenvalue weighted by molar-refractivity contribution is -0.134. The number of nitriles is 1. The van der Waals surface area contributed by atoms with Crippen molar-refractivity contribution < 1.29 is 14.4 Å². The molecule has 0 N–H and O–H groups in total. The minimum atomic E-state index is -0.518. The highest BCUT2D eigenvalue weighted by atomic mass is 16.2. The smallest absolute Gasteiger partial charge is 0.261 e. The van der Waals surface area contributed by atoms with Crippen LogP contribution in [-0.4, -0.2) is 96.2 Å². The minimum absolute atomic E-state index is 0.116. The van der Waals surface area contributed by atoms with Crippen LogP contribution in [0.2, 0.25) is 0 Å². The zero-order valence-corrected chi connectivity index (χ0v) is 22.6. The topological polar surface area (TPSA) is 88.0 Å². The maximum absolute atomic E-state index is 13.2. The van der Waals surface area contributed by atoms with Gasteiger partial charge < -0.3 is 4.90 Å². The highest BCUT2D eigenvalue weighted by Gasteiger charge is 2.38. The van der Waals surface area contributed by atoms with E-state index in [1.807, 2.05) is 59.5 Å². The summed E-state index contributed by atoms with van der Waals surface area (Å²) in [5.74, 6) is -0.342. The molecule has 3 aromatic rings. The molecule has 0 unspecified atom stereocenters. The van der Waals surface area contributed by atoms with Gasteiger partial charge in [-0.05, 0) is 35.9 Å². The van der Waals surface area contributed by atoms with Crippen LogP contribution in [0.15, 0.2) is 66.7 Å². The molecule has 0 spiro atoms. The molecule has 0 bridgehead atoms. The van der Waals surface area contributed by atoms with Crippen LogP contribution < -0.4 is 0 Å². The molecule has 8 heteroatoms. The molecule has 0 aromatic heterocycles. The van der Waals surface area contributed by atoms with Gasteiger partial charge in [-0.25, -0.2) is 0 Å². The third-order valence-electron chi connectivity index (χ3n) is 8.83. The average molecular weight is 536 g/mol. The highest BCUT2D eigenvalue weighted by molar-refractivity contribution is 6.25. The minimum Gasteiger partial charge on any atom is -0.341 e. The quantitative estimate of drug-likeness (QED) is 0.451. The molecular weight excluding hydrogens is 502 g/mol. The number of carbonyl (C=O) groups excluding carboxylic acids is 3. The van der Waals surface area contributed by atoms with E-state index in [1.54, 1.807) is 12.1 Å². The maximum atomic E-state index is 13.2. The van der Waals surface area contributed by atoms with Crippen LogP contribution in [0.5, 0.6) is 0 Å². The Balaban J connectivity index is 0.984. The molecule has 204 valence electrons. The normalized spacial score (nSPS) is 19.6. The summed E-state index contributed by atoms with van der Waals surface area (Å²) in [6.45, 7) is 5.60. The van der Waals surface area contributed by atoms with E-state index in [2.05, 4.69) is 15.9 Å². The Bertz CT molecular complexity index is 1430.